The second kappa shape index (κ2) is 5.04. The number of carbonyl (C=O) groups is 1. The lowest BCUT2D eigenvalue weighted by Crippen LogP contribution is -2.17. The van der Waals surface area contributed by atoms with Crippen molar-refractivity contribution in [1.29, 1.82) is 0 Å². The molecular formula is C14H17N3O. The SMILES string of the molecule is CCn1nccc1C(=O)Nc1cc(C)cc(C)c1. The lowest BCUT2D eigenvalue weighted by Gasteiger charge is -2.08. The van der Waals surface area contributed by atoms with Crippen LogP contribution < -0.4 is 5.32 Å². The molecule has 0 saturated carbocycles. The van der Waals surface area contributed by atoms with Crippen molar-refractivity contribution in [3.05, 3.63) is 47.3 Å². The van der Waals surface area contributed by atoms with Crippen molar-refractivity contribution in [1.82, 2.24) is 9.78 Å². The number of hydrogen-bond donors (Lipinski definition) is 1. The summed E-state index contributed by atoms with van der Waals surface area (Å²) in [6.45, 7) is 6.67. The van der Waals surface area contributed by atoms with E-state index in [1.54, 1.807) is 16.9 Å². The van der Waals surface area contributed by atoms with Crippen LogP contribution in [0.1, 0.15) is 28.5 Å². The molecule has 1 amide bonds. The molecule has 2 rings (SSSR count). The van der Waals surface area contributed by atoms with E-state index in [1.165, 1.54) is 0 Å². The van der Waals surface area contributed by atoms with Gasteiger partial charge in [-0.15, -0.1) is 0 Å². The van der Waals surface area contributed by atoms with Gasteiger partial charge in [-0.3, -0.25) is 9.48 Å². The Hall–Kier alpha value is -2.10. The molecule has 0 radical (unpaired) electrons. The Bertz CT molecular complexity index is 552. The molecule has 1 N–H and O–H groups in total. The van der Waals surface area contributed by atoms with Crippen LogP contribution >= 0.6 is 0 Å². The van der Waals surface area contributed by atoms with Crippen LogP contribution in [0.25, 0.3) is 0 Å². The maximum absolute atomic E-state index is 12.1. The number of aryl methyl sites for hydroxylation is 3. The summed E-state index contributed by atoms with van der Waals surface area (Å²) in [5.41, 5.74) is 3.67. The van der Waals surface area contributed by atoms with Gasteiger partial charge in [-0.05, 0) is 50.1 Å². The first-order chi connectivity index (χ1) is 8.60. The van der Waals surface area contributed by atoms with Crippen LogP contribution in [-0.4, -0.2) is 15.7 Å². The Morgan fingerprint density at radius 2 is 1.94 bits per heavy atom. The van der Waals surface area contributed by atoms with Crippen LogP contribution in [0.3, 0.4) is 0 Å². The summed E-state index contributed by atoms with van der Waals surface area (Å²) in [6, 6.07) is 7.71. The zero-order valence-corrected chi connectivity index (χ0v) is 10.9. The number of nitrogens with zero attached hydrogens (tertiary/aromatic N) is 2. The van der Waals surface area contributed by atoms with Crippen molar-refractivity contribution < 1.29 is 4.79 Å². The Balaban J connectivity index is 2.21. The highest BCUT2D eigenvalue weighted by molar-refractivity contribution is 6.03. The van der Waals surface area contributed by atoms with E-state index >= 15 is 0 Å². The number of aromatic nitrogens is 2. The summed E-state index contributed by atoms with van der Waals surface area (Å²) < 4.78 is 1.68. The zero-order valence-electron chi connectivity index (χ0n) is 10.9. The Morgan fingerprint density at radius 1 is 1.28 bits per heavy atom. The summed E-state index contributed by atoms with van der Waals surface area (Å²) >= 11 is 0. The first-order valence-electron chi connectivity index (χ1n) is 6.01. The number of anilines is 1. The van der Waals surface area contributed by atoms with E-state index < -0.39 is 0 Å². The number of carbonyl (C=O) groups excluding carboxylic acids is 1. The van der Waals surface area contributed by atoms with Crippen molar-refractivity contribution in [3.63, 3.8) is 0 Å². The van der Waals surface area contributed by atoms with Crippen LogP contribution in [0.15, 0.2) is 30.5 Å². The minimum atomic E-state index is -0.126. The van der Waals surface area contributed by atoms with Gasteiger partial charge >= 0.3 is 0 Å². The second-order valence-corrected chi connectivity index (χ2v) is 4.36. The van der Waals surface area contributed by atoms with Crippen molar-refractivity contribution in [3.8, 4) is 0 Å². The standard InChI is InChI=1S/C14H17N3O/c1-4-17-13(5-6-15-17)14(18)16-12-8-10(2)7-11(3)9-12/h5-9H,4H2,1-3H3,(H,16,18). The van der Waals surface area contributed by atoms with E-state index in [0.29, 0.717) is 12.2 Å². The van der Waals surface area contributed by atoms with Gasteiger partial charge in [0.25, 0.3) is 5.91 Å². The molecule has 18 heavy (non-hydrogen) atoms. The normalized spacial score (nSPS) is 10.4. The molecule has 0 aliphatic carbocycles. The fourth-order valence-corrected chi connectivity index (χ4v) is 2.02. The molecule has 0 aliphatic rings. The first kappa shape index (κ1) is 12.4. The van der Waals surface area contributed by atoms with Crippen LogP contribution in [0.5, 0.6) is 0 Å². The third-order valence-electron chi connectivity index (χ3n) is 2.73. The molecule has 0 aliphatic heterocycles. The van der Waals surface area contributed by atoms with E-state index in [2.05, 4.69) is 16.5 Å². The molecule has 0 bridgehead atoms. The quantitative estimate of drug-likeness (QED) is 0.901. The predicted molar refractivity (Wildman–Crippen MR) is 71.8 cm³/mol. The van der Waals surface area contributed by atoms with Crippen molar-refractivity contribution >= 4 is 11.6 Å². The minimum absolute atomic E-state index is 0.126. The average Bonchev–Trinajstić information content (AvgIpc) is 2.75. The number of benzene rings is 1. The molecule has 1 aromatic carbocycles. The van der Waals surface area contributed by atoms with Crippen molar-refractivity contribution in [2.45, 2.75) is 27.3 Å². The lowest BCUT2D eigenvalue weighted by atomic mass is 10.1. The lowest BCUT2D eigenvalue weighted by molar-refractivity contribution is 0.101. The fraction of sp³-hybridized carbons (Fsp3) is 0.286. The highest BCUT2D eigenvalue weighted by Gasteiger charge is 2.11. The second-order valence-electron chi connectivity index (χ2n) is 4.36. The van der Waals surface area contributed by atoms with Gasteiger partial charge in [0.15, 0.2) is 0 Å². The molecule has 2 aromatic rings. The topological polar surface area (TPSA) is 46.9 Å². The summed E-state index contributed by atoms with van der Waals surface area (Å²) in [4.78, 5) is 12.1. The molecule has 0 saturated heterocycles. The van der Waals surface area contributed by atoms with E-state index in [-0.39, 0.29) is 5.91 Å². The molecule has 0 fully saturated rings. The van der Waals surface area contributed by atoms with E-state index in [0.717, 1.165) is 16.8 Å². The highest BCUT2D eigenvalue weighted by Crippen LogP contribution is 2.14. The molecule has 4 heteroatoms. The summed E-state index contributed by atoms with van der Waals surface area (Å²) in [5.74, 6) is -0.126. The fourth-order valence-electron chi connectivity index (χ4n) is 2.02. The van der Waals surface area contributed by atoms with Gasteiger partial charge < -0.3 is 5.32 Å². The van der Waals surface area contributed by atoms with Crippen LogP contribution in [0, 0.1) is 13.8 Å². The van der Waals surface area contributed by atoms with Crippen LogP contribution in [-0.2, 0) is 6.54 Å². The van der Waals surface area contributed by atoms with E-state index in [4.69, 9.17) is 0 Å². The Kier molecular flexibility index (Phi) is 3.46. The third-order valence-corrected chi connectivity index (χ3v) is 2.73. The predicted octanol–water partition coefficient (Wildman–Crippen LogP) is 2.77. The average molecular weight is 243 g/mol. The largest absolute Gasteiger partial charge is 0.321 e. The van der Waals surface area contributed by atoms with Crippen LogP contribution in [0.2, 0.25) is 0 Å². The smallest absolute Gasteiger partial charge is 0.273 e. The minimum Gasteiger partial charge on any atom is -0.321 e. The van der Waals surface area contributed by atoms with Gasteiger partial charge in [0.05, 0.1) is 0 Å². The Morgan fingerprint density at radius 3 is 2.56 bits per heavy atom. The molecule has 1 heterocycles. The maximum Gasteiger partial charge on any atom is 0.273 e. The van der Waals surface area contributed by atoms with Crippen molar-refractivity contribution in [2.24, 2.45) is 0 Å². The first-order valence-corrected chi connectivity index (χ1v) is 6.01. The van der Waals surface area contributed by atoms with Gasteiger partial charge in [0.1, 0.15) is 5.69 Å². The third kappa shape index (κ3) is 2.59. The molecule has 94 valence electrons. The maximum atomic E-state index is 12.1. The van der Waals surface area contributed by atoms with E-state index in [1.807, 2.05) is 32.9 Å². The monoisotopic (exact) mass is 243 g/mol. The van der Waals surface area contributed by atoms with Crippen LogP contribution in [0.4, 0.5) is 5.69 Å². The molecule has 0 atom stereocenters. The number of hydrogen-bond acceptors (Lipinski definition) is 2. The van der Waals surface area contributed by atoms with E-state index in [9.17, 15) is 4.79 Å². The number of nitrogens with one attached hydrogen (secondary N) is 1. The summed E-state index contributed by atoms with van der Waals surface area (Å²) in [7, 11) is 0. The Labute approximate surface area is 107 Å². The number of amides is 1. The summed E-state index contributed by atoms with van der Waals surface area (Å²) in [5, 5.41) is 6.99. The van der Waals surface area contributed by atoms with Gasteiger partial charge in [0.2, 0.25) is 0 Å². The molecule has 4 nitrogen and oxygen atoms in total. The summed E-state index contributed by atoms with van der Waals surface area (Å²) in [6.07, 6.45) is 1.64. The molecular weight excluding hydrogens is 226 g/mol. The highest BCUT2D eigenvalue weighted by atomic mass is 16.2. The van der Waals surface area contributed by atoms with Crippen molar-refractivity contribution in [2.75, 3.05) is 5.32 Å². The number of rotatable bonds is 3. The molecule has 1 aromatic heterocycles. The van der Waals surface area contributed by atoms with Gasteiger partial charge in [-0.25, -0.2) is 0 Å². The molecule has 0 unspecified atom stereocenters. The zero-order chi connectivity index (χ0) is 13.1. The van der Waals surface area contributed by atoms with Gasteiger partial charge in [0, 0.05) is 18.4 Å². The van der Waals surface area contributed by atoms with Gasteiger partial charge in [-0.1, -0.05) is 6.07 Å². The molecule has 0 spiro atoms. The van der Waals surface area contributed by atoms with Gasteiger partial charge in [-0.2, -0.15) is 5.10 Å².